The number of ketones is 4. The fourth-order valence-electron chi connectivity index (χ4n) is 10.00. The summed E-state index contributed by atoms with van der Waals surface area (Å²) in [6.45, 7) is 11.8. The molecule has 0 radical (unpaired) electrons. The van der Waals surface area contributed by atoms with E-state index in [2.05, 4.69) is 32.1 Å². The maximum absolute atomic E-state index is 13.7. The van der Waals surface area contributed by atoms with Gasteiger partial charge in [-0.1, -0.05) is 175 Å². The molecule has 0 saturated heterocycles. The van der Waals surface area contributed by atoms with Crippen molar-refractivity contribution in [2.75, 3.05) is 0 Å². The fourth-order valence-corrected chi connectivity index (χ4v) is 10.00. The second-order valence-corrected chi connectivity index (χ2v) is 21.2. The van der Waals surface area contributed by atoms with E-state index >= 15 is 0 Å². The molecule has 0 amide bonds. The summed E-state index contributed by atoms with van der Waals surface area (Å²) in [5.74, 6) is -0.732. The molecule has 0 atom stereocenters. The number of pyridine rings is 4. The highest BCUT2D eigenvalue weighted by molar-refractivity contribution is 6.03. The summed E-state index contributed by atoms with van der Waals surface area (Å²) in [7, 11) is 0. The van der Waals surface area contributed by atoms with Crippen LogP contribution in [0.4, 0.5) is 10.1 Å². The van der Waals surface area contributed by atoms with Gasteiger partial charge in [0.1, 0.15) is 5.82 Å². The zero-order valence-corrected chi connectivity index (χ0v) is 48.7. The first-order valence-corrected chi connectivity index (χ1v) is 28.1. The average Bonchev–Trinajstić information content (AvgIpc) is 2.93. The number of hydrogen-bond acceptors (Lipinski definition) is 10. The second kappa shape index (κ2) is 27.7. The van der Waals surface area contributed by atoms with Crippen molar-refractivity contribution in [3.8, 4) is 0 Å². The Morgan fingerprint density at radius 3 is 1.13 bits per heavy atom. The van der Waals surface area contributed by atoms with Crippen LogP contribution >= 0.6 is 0 Å². The predicted molar refractivity (Wildman–Crippen MR) is 340 cm³/mol. The van der Waals surface area contributed by atoms with Gasteiger partial charge >= 0.3 is 0 Å². The number of Topliss-reactive ketones (excluding diaryl/α,β-unsaturated/α-hetero) is 4. The lowest BCUT2D eigenvalue weighted by Gasteiger charge is -2.07. The van der Waals surface area contributed by atoms with Crippen molar-refractivity contribution in [3.05, 3.63) is 313 Å². The number of carbonyl (C=O) groups excluding carboxylic acids is 4. The van der Waals surface area contributed by atoms with E-state index in [1.807, 2.05) is 199 Å². The molecule has 0 saturated carbocycles. The molecule has 426 valence electrons. The van der Waals surface area contributed by atoms with E-state index in [1.54, 1.807) is 24.3 Å². The summed E-state index contributed by atoms with van der Waals surface area (Å²) in [6.07, 6.45) is 1.00. The number of para-hydroxylation sites is 5. The molecule has 0 fully saturated rings. The Hall–Kier alpha value is -10.6. The van der Waals surface area contributed by atoms with Gasteiger partial charge in [-0.3, -0.25) is 49.2 Å². The molecule has 12 heteroatoms. The van der Waals surface area contributed by atoms with Crippen molar-refractivity contribution in [2.45, 2.75) is 67.2 Å². The third-order valence-electron chi connectivity index (χ3n) is 14.5. The molecule has 12 rings (SSSR count). The molecule has 0 aliphatic rings. The number of fused-ring (bicyclic) bond motifs is 4. The second-order valence-electron chi connectivity index (χ2n) is 21.2. The van der Waals surface area contributed by atoms with E-state index in [-0.39, 0.29) is 52.8 Å². The molecule has 0 aliphatic carbocycles. The summed E-state index contributed by atoms with van der Waals surface area (Å²) in [6, 6.07) is 66.8. The van der Waals surface area contributed by atoms with E-state index in [4.69, 9.17) is 0 Å². The van der Waals surface area contributed by atoms with Crippen LogP contribution < -0.4 is 0 Å². The van der Waals surface area contributed by atoms with Crippen LogP contribution in [0.15, 0.2) is 218 Å². The molecule has 8 aromatic carbocycles. The number of carbonyl (C=O) groups is 4. The summed E-state index contributed by atoms with van der Waals surface area (Å²) in [5, 5.41) is 15.2. The first-order valence-electron chi connectivity index (χ1n) is 28.1. The van der Waals surface area contributed by atoms with Gasteiger partial charge in [-0.25, -0.2) is 4.39 Å². The summed E-state index contributed by atoms with van der Waals surface area (Å²) >= 11 is 0. The maximum atomic E-state index is 13.7. The van der Waals surface area contributed by atoms with Crippen molar-refractivity contribution < 1.29 is 28.5 Å². The van der Waals surface area contributed by atoms with Gasteiger partial charge in [-0.15, -0.1) is 0 Å². The summed E-state index contributed by atoms with van der Waals surface area (Å²) in [4.78, 5) is 78.4. The number of nitro benzene ring substituents is 1. The smallest absolute Gasteiger partial charge is 0.280 e. The fraction of sp³-hybridized carbons (Fsp3) is 0.135. The van der Waals surface area contributed by atoms with Gasteiger partial charge in [0.25, 0.3) is 5.69 Å². The molecular weight excluding hydrogens is 1070 g/mol. The molecule has 12 aromatic rings. The molecule has 4 aromatic heterocycles. The third-order valence-corrected chi connectivity index (χ3v) is 14.5. The standard InChI is InChI=1S/2C19H17NO.C18H14FNO.C18H14N2O3/c1-13-5-3-7-16(11-13)18(21)12-17-8-4-6-15-10-9-14(2)20-19(15)17;1-13-6-9-15(10-7-13)18(21)12-17-5-3-4-16-11-8-14(2)20-19(16)17;1-12-9-10-13-5-4-6-14(18(13)20-12)11-17(21)15-7-2-3-8-16(15)19;1-12-9-10-13-5-4-6-14(18(13)19-12)11-17(21)15-7-2-3-8-16(15)20(22)23/h2*3-11H,12H2,1-2H3;2-10H,11H2,1H3;2-10H,11H2,1H3. The Bertz CT molecular complexity index is 4520. The summed E-state index contributed by atoms with van der Waals surface area (Å²) in [5.41, 5.74) is 14.6. The number of benzene rings is 8. The van der Waals surface area contributed by atoms with Gasteiger partial charge in [0.05, 0.1) is 38.1 Å². The summed E-state index contributed by atoms with van der Waals surface area (Å²) < 4.78 is 13.7. The number of aryl methyl sites for hydroxylation is 6. The molecule has 4 heterocycles. The minimum Gasteiger partial charge on any atom is -0.294 e. The van der Waals surface area contributed by atoms with Crippen LogP contribution in [0.5, 0.6) is 0 Å². The molecule has 86 heavy (non-hydrogen) atoms. The van der Waals surface area contributed by atoms with Gasteiger partial charge < -0.3 is 0 Å². The zero-order valence-electron chi connectivity index (χ0n) is 48.7. The lowest BCUT2D eigenvalue weighted by Crippen LogP contribution is -2.07. The van der Waals surface area contributed by atoms with E-state index in [0.29, 0.717) is 12.8 Å². The third kappa shape index (κ3) is 15.1. The Kier molecular flexibility index (Phi) is 19.3. The zero-order chi connectivity index (χ0) is 60.9. The predicted octanol–water partition coefficient (Wildman–Crippen LogP) is 16.5. The molecule has 0 bridgehead atoms. The van der Waals surface area contributed by atoms with Crippen molar-refractivity contribution in [3.63, 3.8) is 0 Å². The molecule has 0 unspecified atom stereocenters. The topological polar surface area (TPSA) is 163 Å². The first kappa shape index (κ1) is 60.0. The van der Waals surface area contributed by atoms with Crippen molar-refractivity contribution in [2.24, 2.45) is 0 Å². The van der Waals surface area contributed by atoms with Gasteiger partial charge in [-0.2, -0.15) is 0 Å². The Morgan fingerprint density at radius 2 is 0.721 bits per heavy atom. The van der Waals surface area contributed by atoms with Crippen molar-refractivity contribution in [1.82, 2.24) is 19.9 Å². The van der Waals surface area contributed by atoms with Gasteiger partial charge in [0.15, 0.2) is 23.1 Å². The van der Waals surface area contributed by atoms with Gasteiger partial charge in [0, 0.05) is 87.2 Å². The van der Waals surface area contributed by atoms with Crippen LogP contribution in [0.25, 0.3) is 43.6 Å². The van der Waals surface area contributed by atoms with Crippen LogP contribution in [0.3, 0.4) is 0 Å². The van der Waals surface area contributed by atoms with Crippen LogP contribution in [0, 0.1) is 57.5 Å². The number of aromatic nitrogens is 4. The monoisotopic (exact) mass is 1140 g/mol. The first-order chi connectivity index (χ1) is 41.5. The largest absolute Gasteiger partial charge is 0.294 e. The number of rotatable bonds is 13. The number of halogens is 1. The molecule has 0 spiro atoms. The molecule has 11 nitrogen and oxygen atoms in total. The minimum atomic E-state index is -0.529. The van der Waals surface area contributed by atoms with Gasteiger partial charge in [-0.05, 0) is 112 Å². The molecule has 0 N–H and O–H groups in total. The van der Waals surface area contributed by atoms with Crippen LogP contribution in [0.2, 0.25) is 0 Å². The minimum absolute atomic E-state index is 0.0820. The SMILES string of the molecule is Cc1ccc(C(=O)Cc2cccc3ccc(C)nc23)cc1.Cc1ccc2cccc(CC(=O)c3ccccc3F)c2n1.Cc1ccc2cccc(CC(=O)c3ccccc3[N+](=O)[O-])c2n1.Cc1cccc(C(=O)Cc2cccc3ccc(C)nc23)c1. The number of nitrogens with zero attached hydrogens (tertiary/aromatic N) is 5. The van der Waals surface area contributed by atoms with Crippen molar-refractivity contribution in [1.29, 1.82) is 0 Å². The van der Waals surface area contributed by atoms with E-state index < -0.39 is 10.7 Å². The quantitative estimate of drug-likeness (QED) is 0.0617. The Morgan fingerprint density at radius 1 is 0.360 bits per heavy atom. The molecular formula is C74H62FN5O6. The number of hydrogen-bond donors (Lipinski definition) is 0. The van der Waals surface area contributed by atoms with E-state index in [9.17, 15) is 33.7 Å². The van der Waals surface area contributed by atoms with Crippen LogP contribution in [0.1, 0.15) is 97.6 Å². The highest BCUT2D eigenvalue weighted by Gasteiger charge is 2.21. The van der Waals surface area contributed by atoms with Crippen molar-refractivity contribution >= 4 is 72.4 Å². The highest BCUT2D eigenvalue weighted by atomic mass is 19.1. The normalized spacial score (nSPS) is 10.7. The van der Waals surface area contributed by atoms with E-state index in [1.165, 1.54) is 24.3 Å². The Labute approximate surface area is 498 Å². The van der Waals surface area contributed by atoms with Crippen LogP contribution in [-0.4, -0.2) is 48.0 Å². The lowest BCUT2D eigenvalue weighted by molar-refractivity contribution is -0.385. The van der Waals surface area contributed by atoms with E-state index in [0.717, 1.165) is 111 Å². The van der Waals surface area contributed by atoms with Crippen LogP contribution in [-0.2, 0) is 25.7 Å². The molecule has 0 aliphatic heterocycles. The number of nitro groups is 1. The highest BCUT2D eigenvalue weighted by Crippen LogP contribution is 2.26. The Balaban J connectivity index is 0.000000137. The lowest BCUT2D eigenvalue weighted by atomic mass is 9.99. The maximum Gasteiger partial charge on any atom is 0.280 e. The van der Waals surface area contributed by atoms with Gasteiger partial charge in [0.2, 0.25) is 0 Å². The average molecular weight is 1140 g/mol.